The number of carbonyl (C=O) groups is 2. The predicted molar refractivity (Wildman–Crippen MR) is 69.5 cm³/mol. The molecular weight excluding hydrogens is 282 g/mol. The molecule has 1 rings (SSSR count). The van der Waals surface area contributed by atoms with E-state index in [2.05, 4.69) is 4.74 Å². The van der Waals surface area contributed by atoms with E-state index in [9.17, 15) is 14.7 Å². The fourth-order valence-corrected chi connectivity index (χ4v) is 1.01. The van der Waals surface area contributed by atoms with Crippen molar-refractivity contribution in [1.82, 2.24) is 0 Å². The smallest absolute Gasteiger partial charge is 0.308 e. The Balaban J connectivity index is 0.000000433. The molecule has 0 fully saturated rings. The van der Waals surface area contributed by atoms with Crippen molar-refractivity contribution in [2.45, 2.75) is 6.92 Å². The Kier molecular flexibility index (Phi) is 8.17. The predicted octanol–water partition coefficient (Wildman–Crippen LogP) is -1.74. The molecule has 0 amide bonds. The van der Waals surface area contributed by atoms with E-state index in [4.69, 9.17) is 15.3 Å². The van der Waals surface area contributed by atoms with Crippen molar-refractivity contribution in [3.8, 4) is 5.75 Å². The number of carbonyl (C=O) groups excluding carboxylic acids is 2. The minimum absolute atomic E-state index is 0.00926. The van der Waals surface area contributed by atoms with Gasteiger partial charge in [-0.15, -0.1) is 0 Å². The largest absolute Gasteiger partial charge is 0.545 e. The molecule has 8 heteroatoms. The van der Waals surface area contributed by atoms with E-state index in [0.29, 0.717) is 0 Å². The molecule has 0 unspecified atom stereocenters. The van der Waals surface area contributed by atoms with Gasteiger partial charge in [0.15, 0.2) is 20.2 Å². The SMILES string of the molecule is CC(=O)Oc1ccccc1C(=O)[O-].C[N+](CO)(CO)CO. The topological polar surface area (TPSA) is 127 Å². The van der Waals surface area contributed by atoms with Gasteiger partial charge in [-0.05, 0) is 12.1 Å². The summed E-state index contributed by atoms with van der Waals surface area (Å²) in [5.74, 6) is -1.92. The van der Waals surface area contributed by atoms with Gasteiger partial charge in [0.1, 0.15) is 5.75 Å². The molecular formula is C13H19NO7. The molecule has 0 radical (unpaired) electrons. The normalized spacial score (nSPS) is 10.3. The van der Waals surface area contributed by atoms with Crippen LogP contribution in [-0.4, -0.2) is 59.0 Å². The number of carboxylic acids is 1. The maximum absolute atomic E-state index is 10.6. The number of quaternary nitrogens is 1. The number of hydrogen-bond acceptors (Lipinski definition) is 7. The summed E-state index contributed by atoms with van der Waals surface area (Å²) in [4.78, 5) is 21.1. The van der Waals surface area contributed by atoms with Crippen molar-refractivity contribution < 1.29 is 39.2 Å². The zero-order chi connectivity index (χ0) is 16.5. The van der Waals surface area contributed by atoms with Gasteiger partial charge in [-0.3, -0.25) is 9.28 Å². The zero-order valence-electron chi connectivity index (χ0n) is 11.9. The van der Waals surface area contributed by atoms with Crippen LogP contribution in [0.3, 0.4) is 0 Å². The molecule has 0 aliphatic carbocycles. The highest BCUT2D eigenvalue weighted by molar-refractivity contribution is 5.90. The summed E-state index contributed by atoms with van der Waals surface area (Å²) in [7, 11) is 1.54. The molecule has 0 aliphatic rings. The second-order valence-corrected chi connectivity index (χ2v) is 4.42. The van der Waals surface area contributed by atoms with Crippen LogP contribution in [0, 0.1) is 0 Å². The fourth-order valence-electron chi connectivity index (χ4n) is 1.01. The summed E-state index contributed by atoms with van der Waals surface area (Å²) in [6.07, 6.45) is 0. The third-order valence-electron chi connectivity index (χ3n) is 2.38. The zero-order valence-corrected chi connectivity index (χ0v) is 11.9. The Labute approximate surface area is 122 Å². The van der Waals surface area contributed by atoms with E-state index in [1.165, 1.54) is 25.1 Å². The van der Waals surface area contributed by atoms with Crippen molar-refractivity contribution in [3.63, 3.8) is 0 Å². The van der Waals surface area contributed by atoms with Crippen molar-refractivity contribution >= 4 is 11.9 Å². The van der Waals surface area contributed by atoms with Gasteiger partial charge in [0.2, 0.25) is 0 Å². The minimum atomic E-state index is -1.36. The van der Waals surface area contributed by atoms with E-state index >= 15 is 0 Å². The number of nitrogens with zero attached hydrogens (tertiary/aromatic N) is 1. The second-order valence-electron chi connectivity index (χ2n) is 4.42. The molecule has 0 saturated heterocycles. The first-order valence-electron chi connectivity index (χ1n) is 5.94. The number of rotatable bonds is 5. The van der Waals surface area contributed by atoms with Crippen LogP contribution in [0.25, 0.3) is 0 Å². The van der Waals surface area contributed by atoms with Crippen molar-refractivity contribution in [2.75, 3.05) is 27.2 Å². The summed E-state index contributed by atoms with van der Waals surface area (Å²) in [5, 5.41) is 35.8. The summed E-state index contributed by atoms with van der Waals surface area (Å²) >= 11 is 0. The maximum Gasteiger partial charge on any atom is 0.308 e. The molecule has 0 aliphatic heterocycles. The Morgan fingerprint density at radius 3 is 1.95 bits per heavy atom. The molecule has 21 heavy (non-hydrogen) atoms. The molecule has 3 N–H and O–H groups in total. The van der Waals surface area contributed by atoms with Gasteiger partial charge in [-0.2, -0.15) is 0 Å². The lowest BCUT2D eigenvalue weighted by atomic mass is 10.2. The van der Waals surface area contributed by atoms with Gasteiger partial charge in [-0.25, -0.2) is 0 Å². The van der Waals surface area contributed by atoms with Crippen molar-refractivity contribution in [3.05, 3.63) is 29.8 Å². The molecule has 1 aromatic rings. The van der Waals surface area contributed by atoms with Gasteiger partial charge >= 0.3 is 5.97 Å². The van der Waals surface area contributed by atoms with Gasteiger partial charge in [0, 0.05) is 12.5 Å². The lowest BCUT2D eigenvalue weighted by molar-refractivity contribution is -0.959. The number of hydrogen-bond donors (Lipinski definition) is 3. The van der Waals surface area contributed by atoms with Crippen LogP contribution < -0.4 is 9.84 Å². The third kappa shape index (κ3) is 6.82. The van der Waals surface area contributed by atoms with E-state index in [0.717, 1.165) is 0 Å². The lowest BCUT2D eigenvalue weighted by Gasteiger charge is -2.25. The van der Waals surface area contributed by atoms with Gasteiger partial charge < -0.3 is 30.0 Å². The molecule has 8 nitrogen and oxygen atoms in total. The highest BCUT2D eigenvalue weighted by Gasteiger charge is 2.15. The quantitative estimate of drug-likeness (QED) is 0.255. The van der Waals surface area contributed by atoms with Crippen LogP contribution in [0.4, 0.5) is 0 Å². The number of ether oxygens (including phenoxy) is 1. The molecule has 0 aromatic heterocycles. The van der Waals surface area contributed by atoms with Crippen LogP contribution in [-0.2, 0) is 4.79 Å². The molecule has 0 spiro atoms. The minimum Gasteiger partial charge on any atom is -0.545 e. The van der Waals surface area contributed by atoms with Gasteiger partial charge in [-0.1, -0.05) is 12.1 Å². The lowest BCUT2D eigenvalue weighted by Crippen LogP contribution is -2.46. The number of para-hydroxylation sites is 1. The molecule has 0 bridgehead atoms. The number of carboxylic acid groups (broad SMARTS) is 1. The Hall–Kier alpha value is -2.00. The van der Waals surface area contributed by atoms with E-state index in [1.807, 2.05) is 0 Å². The molecule has 1 aromatic carbocycles. The second kappa shape index (κ2) is 9.03. The number of aliphatic hydroxyl groups excluding tert-OH is 3. The average Bonchev–Trinajstić information content (AvgIpc) is 2.47. The fraction of sp³-hybridized carbons (Fsp3) is 0.385. The van der Waals surface area contributed by atoms with E-state index < -0.39 is 11.9 Å². The Morgan fingerprint density at radius 2 is 1.62 bits per heavy atom. The van der Waals surface area contributed by atoms with E-state index in [1.54, 1.807) is 13.1 Å². The number of benzene rings is 1. The first-order chi connectivity index (χ1) is 9.79. The summed E-state index contributed by atoms with van der Waals surface area (Å²) < 4.78 is 4.52. The third-order valence-corrected chi connectivity index (χ3v) is 2.38. The standard InChI is InChI=1S/C9H8O4.C4H12NO3/c1-6(10)13-8-5-3-2-4-7(8)9(11)12;1-5(2-6,3-7)4-8/h2-5H,1H3,(H,11,12);6-8H,2-4H2,1H3/q;+1/p-1. The highest BCUT2D eigenvalue weighted by Crippen LogP contribution is 2.16. The summed E-state index contributed by atoms with van der Waals surface area (Å²) in [6.45, 7) is 0.471. The molecule has 0 saturated carbocycles. The van der Waals surface area contributed by atoms with Crippen LogP contribution in [0.2, 0.25) is 0 Å². The Morgan fingerprint density at radius 1 is 1.14 bits per heavy atom. The molecule has 118 valence electrons. The number of esters is 1. The average molecular weight is 301 g/mol. The highest BCUT2D eigenvalue weighted by atomic mass is 16.5. The summed E-state index contributed by atoms with van der Waals surface area (Å²) in [6, 6.07) is 5.81. The molecule has 0 atom stereocenters. The first-order valence-corrected chi connectivity index (χ1v) is 5.94. The first kappa shape index (κ1) is 19.0. The van der Waals surface area contributed by atoms with Crippen LogP contribution >= 0.6 is 0 Å². The van der Waals surface area contributed by atoms with Crippen LogP contribution in [0.15, 0.2) is 24.3 Å². The van der Waals surface area contributed by atoms with Crippen LogP contribution in [0.1, 0.15) is 17.3 Å². The maximum atomic E-state index is 10.6. The van der Waals surface area contributed by atoms with Crippen molar-refractivity contribution in [2.24, 2.45) is 0 Å². The van der Waals surface area contributed by atoms with Crippen LogP contribution in [0.5, 0.6) is 5.75 Å². The van der Waals surface area contributed by atoms with Gasteiger partial charge in [0.25, 0.3) is 0 Å². The number of aliphatic hydroxyl groups is 3. The van der Waals surface area contributed by atoms with E-state index in [-0.39, 0.29) is 36.0 Å². The Bertz CT molecular complexity index is 463. The van der Waals surface area contributed by atoms with Crippen molar-refractivity contribution in [1.29, 1.82) is 0 Å². The number of aromatic carboxylic acids is 1. The molecule has 0 heterocycles. The van der Waals surface area contributed by atoms with Gasteiger partial charge in [0.05, 0.1) is 13.0 Å². The monoisotopic (exact) mass is 301 g/mol. The summed E-state index contributed by atoms with van der Waals surface area (Å²) in [5.41, 5.74) is -0.127.